The molecule has 0 aliphatic carbocycles. The molecule has 0 aromatic heterocycles. The monoisotopic (exact) mass is 396 g/mol. The molecule has 8 nitrogen and oxygen atoms in total. The molecule has 4 aliphatic rings. The second-order valence-electron chi connectivity index (χ2n) is 8.86. The maximum absolute atomic E-state index is 12.3. The highest BCUT2D eigenvalue weighted by Gasteiger charge is 2.63. The van der Waals surface area contributed by atoms with Crippen LogP contribution in [0.1, 0.15) is 65.2 Å². The summed E-state index contributed by atoms with van der Waals surface area (Å²) in [4.78, 5) is 28.2. The van der Waals surface area contributed by atoms with Crippen LogP contribution in [0.3, 0.4) is 0 Å². The van der Waals surface area contributed by atoms with Gasteiger partial charge in [0.15, 0.2) is 0 Å². The molecule has 158 valence electrons. The summed E-state index contributed by atoms with van der Waals surface area (Å²) < 4.78 is 10.4. The van der Waals surface area contributed by atoms with Crippen molar-refractivity contribution >= 4 is 12.2 Å². The Hall–Kier alpha value is -1.54. The molecule has 0 saturated carbocycles. The molecule has 28 heavy (non-hydrogen) atoms. The third-order valence-corrected chi connectivity index (χ3v) is 7.36. The van der Waals surface area contributed by atoms with Crippen LogP contribution in [-0.4, -0.2) is 80.8 Å². The molecule has 4 heterocycles. The molecule has 4 fully saturated rings. The lowest BCUT2D eigenvalue weighted by atomic mass is 9.67. The highest BCUT2D eigenvalue weighted by molar-refractivity contribution is 5.70. The molecular formula is C20H32N2O6. The molecule has 2 amide bonds. The Morgan fingerprint density at radius 3 is 1.29 bits per heavy atom. The SMILES string of the molecule is CCOC(=O)N1C2CCC1CC(O)(C1(O)CC3CCC(C1)N3C(=O)OCC)C2. The van der Waals surface area contributed by atoms with Crippen molar-refractivity contribution in [1.82, 2.24) is 9.80 Å². The van der Waals surface area contributed by atoms with Gasteiger partial charge in [-0.15, -0.1) is 0 Å². The number of rotatable bonds is 3. The summed E-state index contributed by atoms with van der Waals surface area (Å²) in [5.74, 6) is 0. The molecule has 2 N–H and O–H groups in total. The minimum absolute atomic E-state index is 0.104. The minimum Gasteiger partial charge on any atom is -0.450 e. The first-order valence-corrected chi connectivity index (χ1v) is 10.7. The average Bonchev–Trinajstić information content (AvgIpc) is 3.07. The Morgan fingerprint density at radius 1 is 0.750 bits per heavy atom. The van der Waals surface area contributed by atoms with Crippen LogP contribution < -0.4 is 0 Å². The Morgan fingerprint density at radius 2 is 1.04 bits per heavy atom. The van der Waals surface area contributed by atoms with Gasteiger partial charge in [0.2, 0.25) is 0 Å². The van der Waals surface area contributed by atoms with Gasteiger partial charge in [-0.25, -0.2) is 9.59 Å². The van der Waals surface area contributed by atoms with Gasteiger partial charge >= 0.3 is 12.2 Å². The molecule has 8 heteroatoms. The first-order valence-electron chi connectivity index (χ1n) is 10.7. The Kier molecular flexibility index (Phi) is 4.98. The molecule has 4 saturated heterocycles. The number of aliphatic hydroxyl groups is 2. The van der Waals surface area contributed by atoms with Crippen LogP contribution >= 0.6 is 0 Å². The van der Waals surface area contributed by atoms with Crippen molar-refractivity contribution in [2.24, 2.45) is 0 Å². The largest absolute Gasteiger partial charge is 0.450 e. The molecule has 0 aromatic carbocycles. The van der Waals surface area contributed by atoms with Crippen molar-refractivity contribution in [1.29, 1.82) is 0 Å². The molecule has 4 atom stereocenters. The van der Waals surface area contributed by atoms with E-state index in [4.69, 9.17) is 9.47 Å². The second kappa shape index (κ2) is 7.06. The zero-order chi connectivity index (χ0) is 20.1. The number of amides is 2. The maximum Gasteiger partial charge on any atom is 0.410 e. The lowest BCUT2D eigenvalue weighted by Crippen LogP contribution is -2.67. The number of hydrogen-bond acceptors (Lipinski definition) is 6. The van der Waals surface area contributed by atoms with Gasteiger partial charge in [-0.1, -0.05) is 0 Å². The van der Waals surface area contributed by atoms with Crippen LogP contribution in [0.2, 0.25) is 0 Å². The second-order valence-corrected chi connectivity index (χ2v) is 8.86. The number of ether oxygens (including phenoxy) is 2. The summed E-state index contributed by atoms with van der Waals surface area (Å²) in [6.45, 7) is 4.23. The van der Waals surface area contributed by atoms with E-state index in [0.29, 0.717) is 38.9 Å². The molecule has 0 radical (unpaired) electrons. The van der Waals surface area contributed by atoms with E-state index in [2.05, 4.69) is 0 Å². The van der Waals surface area contributed by atoms with Crippen LogP contribution in [0.5, 0.6) is 0 Å². The third kappa shape index (κ3) is 2.96. The summed E-state index contributed by atoms with van der Waals surface area (Å²) in [5.41, 5.74) is -2.49. The van der Waals surface area contributed by atoms with E-state index in [1.54, 1.807) is 23.6 Å². The molecule has 4 bridgehead atoms. The highest BCUT2D eigenvalue weighted by atomic mass is 16.6. The zero-order valence-corrected chi connectivity index (χ0v) is 16.8. The van der Waals surface area contributed by atoms with Crippen LogP contribution in [0, 0.1) is 0 Å². The summed E-state index contributed by atoms with van der Waals surface area (Å²) >= 11 is 0. The van der Waals surface area contributed by atoms with E-state index in [1.165, 1.54) is 0 Å². The van der Waals surface area contributed by atoms with Gasteiger partial charge in [-0.05, 0) is 65.2 Å². The fourth-order valence-electron chi connectivity index (χ4n) is 6.20. The lowest BCUT2D eigenvalue weighted by Gasteiger charge is -2.54. The van der Waals surface area contributed by atoms with Gasteiger partial charge in [0.1, 0.15) is 0 Å². The van der Waals surface area contributed by atoms with Crippen LogP contribution in [0.4, 0.5) is 9.59 Å². The summed E-state index contributed by atoms with van der Waals surface area (Å²) in [6, 6.07) is -0.416. The Bertz CT molecular complexity index is 558. The van der Waals surface area contributed by atoms with E-state index in [-0.39, 0.29) is 36.4 Å². The van der Waals surface area contributed by atoms with Crippen molar-refractivity contribution in [3.05, 3.63) is 0 Å². The van der Waals surface area contributed by atoms with Crippen molar-refractivity contribution < 1.29 is 29.3 Å². The fraction of sp³-hybridized carbons (Fsp3) is 0.900. The van der Waals surface area contributed by atoms with Crippen molar-refractivity contribution in [3.63, 3.8) is 0 Å². The number of piperidine rings is 2. The van der Waals surface area contributed by atoms with Gasteiger partial charge in [0.25, 0.3) is 0 Å². The zero-order valence-electron chi connectivity index (χ0n) is 16.8. The maximum atomic E-state index is 12.3. The minimum atomic E-state index is -1.25. The number of carbonyl (C=O) groups is 2. The van der Waals surface area contributed by atoms with Gasteiger partial charge < -0.3 is 29.5 Å². The van der Waals surface area contributed by atoms with Gasteiger partial charge in [-0.3, -0.25) is 0 Å². The van der Waals surface area contributed by atoms with Gasteiger partial charge in [-0.2, -0.15) is 0 Å². The van der Waals surface area contributed by atoms with E-state index in [9.17, 15) is 19.8 Å². The van der Waals surface area contributed by atoms with Crippen LogP contribution in [0.25, 0.3) is 0 Å². The summed E-state index contributed by atoms with van der Waals surface area (Å²) in [7, 11) is 0. The smallest absolute Gasteiger partial charge is 0.410 e. The molecule has 0 aromatic rings. The number of nitrogens with zero attached hydrogens (tertiary/aromatic N) is 2. The van der Waals surface area contributed by atoms with Crippen molar-refractivity contribution in [2.45, 2.75) is 101 Å². The first-order chi connectivity index (χ1) is 13.3. The molecular weight excluding hydrogens is 364 g/mol. The highest BCUT2D eigenvalue weighted by Crippen LogP contribution is 2.52. The van der Waals surface area contributed by atoms with Crippen molar-refractivity contribution in [2.75, 3.05) is 13.2 Å². The molecule has 4 aliphatic heterocycles. The fourth-order valence-corrected chi connectivity index (χ4v) is 6.20. The number of hydrogen-bond donors (Lipinski definition) is 2. The van der Waals surface area contributed by atoms with Crippen LogP contribution in [-0.2, 0) is 9.47 Å². The summed E-state index contributed by atoms with van der Waals surface area (Å²) in [5, 5.41) is 23.2. The Labute approximate surface area is 165 Å². The topological polar surface area (TPSA) is 99.5 Å². The number of carbonyl (C=O) groups excluding carboxylic acids is 2. The van der Waals surface area contributed by atoms with E-state index < -0.39 is 11.2 Å². The van der Waals surface area contributed by atoms with Gasteiger partial charge in [0, 0.05) is 24.2 Å². The predicted molar refractivity (Wildman–Crippen MR) is 99.7 cm³/mol. The van der Waals surface area contributed by atoms with Crippen molar-refractivity contribution in [3.8, 4) is 0 Å². The number of fused-ring (bicyclic) bond motifs is 4. The van der Waals surface area contributed by atoms with Crippen LogP contribution in [0.15, 0.2) is 0 Å². The predicted octanol–water partition coefficient (Wildman–Crippen LogP) is 2.02. The first kappa shape index (κ1) is 19.8. The van der Waals surface area contributed by atoms with E-state index in [0.717, 1.165) is 25.7 Å². The Balaban J connectivity index is 1.51. The normalized spacial score (nSPS) is 41.9. The summed E-state index contributed by atoms with van der Waals surface area (Å²) in [6.07, 6.45) is 4.09. The van der Waals surface area contributed by atoms with Gasteiger partial charge in [0.05, 0.1) is 24.4 Å². The lowest BCUT2D eigenvalue weighted by molar-refractivity contribution is -0.208. The standard InChI is InChI=1S/C20H32N2O6/c1-3-27-17(23)21-13-5-6-14(21)10-19(25,9-13)20(26)11-15-7-8-16(12-20)22(15)18(24)28-4-2/h13-16,25-26H,3-12H2,1-2H3. The average molecular weight is 396 g/mol. The van der Waals surface area contributed by atoms with E-state index >= 15 is 0 Å². The van der Waals surface area contributed by atoms with E-state index in [1.807, 2.05) is 0 Å². The quantitative estimate of drug-likeness (QED) is 0.757. The molecule has 4 rings (SSSR count). The third-order valence-electron chi connectivity index (χ3n) is 7.36. The molecule has 0 spiro atoms. The molecule has 4 unspecified atom stereocenters.